The van der Waals surface area contributed by atoms with E-state index in [0.717, 1.165) is 19.3 Å². The molecule has 1 aliphatic rings. The summed E-state index contributed by atoms with van der Waals surface area (Å²) in [6.07, 6.45) is 5.40. The van der Waals surface area contributed by atoms with Crippen LogP contribution in [0.2, 0.25) is 0 Å². The first-order valence-corrected chi connectivity index (χ1v) is 7.38. The van der Waals surface area contributed by atoms with Gasteiger partial charge in [-0.05, 0) is 18.6 Å². The molecule has 1 heterocycles. The predicted octanol–water partition coefficient (Wildman–Crippen LogP) is 3.02. The highest BCUT2D eigenvalue weighted by Crippen LogP contribution is 2.27. The van der Waals surface area contributed by atoms with Crippen LogP contribution in [-0.2, 0) is 4.79 Å². The second-order valence-electron chi connectivity index (χ2n) is 5.17. The lowest BCUT2D eigenvalue weighted by molar-refractivity contribution is -0.112. The third-order valence-electron chi connectivity index (χ3n) is 3.69. The Bertz CT molecular complexity index is 566. The Morgan fingerprint density at radius 2 is 1.81 bits per heavy atom. The number of carbonyl (C=O) groups excluding carboxylic acids is 2. The molecule has 0 saturated heterocycles. The second-order valence-corrected chi connectivity index (χ2v) is 5.17. The van der Waals surface area contributed by atoms with E-state index in [9.17, 15) is 9.59 Å². The van der Waals surface area contributed by atoms with E-state index in [-0.39, 0.29) is 0 Å². The first-order valence-electron chi connectivity index (χ1n) is 7.38. The van der Waals surface area contributed by atoms with Gasteiger partial charge in [0, 0.05) is 12.1 Å². The van der Waals surface area contributed by atoms with Gasteiger partial charge in [-0.15, -0.1) is 0 Å². The van der Waals surface area contributed by atoms with Gasteiger partial charge in [0.1, 0.15) is 0 Å². The minimum atomic E-state index is -0.517. The highest BCUT2D eigenvalue weighted by atomic mass is 16.4. The molecule has 0 fully saturated rings. The van der Waals surface area contributed by atoms with Crippen molar-refractivity contribution in [1.29, 1.82) is 0 Å². The van der Waals surface area contributed by atoms with Crippen molar-refractivity contribution in [3.63, 3.8) is 0 Å². The minimum Gasteiger partial charge on any atom is -0.410 e. The van der Waals surface area contributed by atoms with Crippen LogP contribution in [0.15, 0.2) is 29.4 Å². The number of Topliss-reactive ketones (excluding diaryl/α,β-unsaturated/α-hetero) is 1. The van der Waals surface area contributed by atoms with E-state index in [1.165, 1.54) is 17.7 Å². The summed E-state index contributed by atoms with van der Waals surface area (Å²) in [7, 11) is 0. The molecule has 2 rings (SSSR count). The van der Waals surface area contributed by atoms with Crippen molar-refractivity contribution >= 4 is 23.1 Å². The molecular weight excluding hydrogens is 268 g/mol. The number of nitrogens with zero attached hydrogens (tertiary/aromatic N) is 2. The summed E-state index contributed by atoms with van der Waals surface area (Å²) < 4.78 is 0. The first-order chi connectivity index (χ1) is 10.2. The van der Waals surface area contributed by atoms with Crippen LogP contribution in [0.3, 0.4) is 0 Å². The number of benzene rings is 1. The van der Waals surface area contributed by atoms with Crippen molar-refractivity contribution in [3.8, 4) is 0 Å². The molecule has 0 aliphatic carbocycles. The number of hydrogen-bond donors (Lipinski definition) is 1. The van der Waals surface area contributed by atoms with Crippen molar-refractivity contribution in [2.45, 2.75) is 39.0 Å². The lowest BCUT2D eigenvalue weighted by atomic mass is 9.97. The molecule has 0 radical (unpaired) electrons. The van der Waals surface area contributed by atoms with Crippen LogP contribution in [0.1, 0.15) is 49.4 Å². The summed E-state index contributed by atoms with van der Waals surface area (Å²) in [5.74, 6) is -1.03. The molecule has 5 heteroatoms. The first kappa shape index (κ1) is 15.2. The van der Waals surface area contributed by atoms with Gasteiger partial charge in [0.25, 0.3) is 5.91 Å². The monoisotopic (exact) mass is 288 g/mol. The molecule has 0 atom stereocenters. The van der Waals surface area contributed by atoms with Crippen molar-refractivity contribution in [1.82, 2.24) is 0 Å². The van der Waals surface area contributed by atoms with E-state index in [1.54, 1.807) is 24.3 Å². The number of carbonyl (C=O) groups is 2. The Hall–Kier alpha value is -2.17. The van der Waals surface area contributed by atoms with Gasteiger partial charge in [-0.3, -0.25) is 9.59 Å². The Morgan fingerprint density at radius 1 is 1.10 bits per heavy atom. The van der Waals surface area contributed by atoms with Crippen LogP contribution in [0.25, 0.3) is 0 Å². The fourth-order valence-corrected chi connectivity index (χ4v) is 2.55. The standard InChI is InChI=1S/C16H20N2O3/c1-2-3-4-5-8-11-18-13-10-7-6-9-12(13)15(19)14(17-21)16(18)20/h6-7,9-10,21H,2-5,8,11H2,1H3. The number of anilines is 1. The lowest BCUT2D eigenvalue weighted by Gasteiger charge is -2.28. The number of para-hydroxylation sites is 1. The summed E-state index contributed by atoms with van der Waals surface area (Å²) in [6.45, 7) is 2.69. The molecule has 1 N–H and O–H groups in total. The maximum atomic E-state index is 12.3. The largest absolute Gasteiger partial charge is 0.410 e. The molecule has 112 valence electrons. The molecule has 1 aromatic carbocycles. The van der Waals surface area contributed by atoms with E-state index in [4.69, 9.17) is 5.21 Å². The lowest BCUT2D eigenvalue weighted by Crippen LogP contribution is -2.45. The van der Waals surface area contributed by atoms with E-state index in [1.807, 2.05) is 0 Å². The summed E-state index contributed by atoms with van der Waals surface area (Å²) in [5.41, 5.74) is 0.621. The molecule has 0 bridgehead atoms. The van der Waals surface area contributed by atoms with Crippen molar-refractivity contribution < 1.29 is 14.8 Å². The third-order valence-corrected chi connectivity index (χ3v) is 3.69. The molecule has 0 unspecified atom stereocenters. The van der Waals surface area contributed by atoms with Crippen molar-refractivity contribution in [2.75, 3.05) is 11.4 Å². The number of rotatable bonds is 6. The maximum Gasteiger partial charge on any atom is 0.284 e. The van der Waals surface area contributed by atoms with Gasteiger partial charge < -0.3 is 10.1 Å². The molecule has 5 nitrogen and oxygen atoms in total. The zero-order chi connectivity index (χ0) is 15.2. The minimum absolute atomic E-state index is 0.401. The Balaban J connectivity index is 2.17. The molecule has 21 heavy (non-hydrogen) atoms. The van der Waals surface area contributed by atoms with E-state index in [2.05, 4.69) is 12.1 Å². The average Bonchev–Trinajstić information content (AvgIpc) is 2.50. The average molecular weight is 288 g/mol. The second kappa shape index (κ2) is 7.02. The Morgan fingerprint density at radius 3 is 2.52 bits per heavy atom. The maximum absolute atomic E-state index is 12.3. The summed E-state index contributed by atoms with van der Waals surface area (Å²) in [4.78, 5) is 25.9. The molecule has 1 aliphatic heterocycles. The van der Waals surface area contributed by atoms with Gasteiger partial charge in [-0.25, -0.2) is 0 Å². The number of amides is 1. The quantitative estimate of drug-likeness (QED) is 0.497. The van der Waals surface area contributed by atoms with Crippen LogP contribution in [0.5, 0.6) is 0 Å². The normalized spacial score (nSPS) is 16.4. The summed E-state index contributed by atoms with van der Waals surface area (Å²) in [5, 5.41) is 11.8. The summed E-state index contributed by atoms with van der Waals surface area (Å²) >= 11 is 0. The molecule has 0 spiro atoms. The van der Waals surface area contributed by atoms with E-state index >= 15 is 0 Å². The van der Waals surface area contributed by atoms with Gasteiger partial charge in [0.2, 0.25) is 11.5 Å². The smallest absolute Gasteiger partial charge is 0.284 e. The predicted molar refractivity (Wildman–Crippen MR) is 81.1 cm³/mol. The number of ketones is 1. The zero-order valence-corrected chi connectivity index (χ0v) is 12.2. The number of fused-ring (bicyclic) bond motifs is 1. The fourth-order valence-electron chi connectivity index (χ4n) is 2.55. The van der Waals surface area contributed by atoms with Crippen LogP contribution in [0, 0.1) is 0 Å². The topological polar surface area (TPSA) is 70.0 Å². The fraction of sp³-hybridized carbons (Fsp3) is 0.438. The van der Waals surface area contributed by atoms with Gasteiger partial charge >= 0.3 is 0 Å². The van der Waals surface area contributed by atoms with Crippen LogP contribution in [-0.4, -0.2) is 29.2 Å². The highest BCUT2D eigenvalue weighted by Gasteiger charge is 2.36. The summed E-state index contributed by atoms with van der Waals surface area (Å²) in [6, 6.07) is 6.94. The SMILES string of the molecule is CCCCCCCN1C(=O)C(=NO)C(=O)c2ccccc21. The van der Waals surface area contributed by atoms with E-state index in [0.29, 0.717) is 17.8 Å². The van der Waals surface area contributed by atoms with Gasteiger partial charge in [0.15, 0.2) is 0 Å². The number of oxime groups is 1. The van der Waals surface area contributed by atoms with Crippen LogP contribution in [0.4, 0.5) is 5.69 Å². The molecule has 1 aromatic rings. The zero-order valence-electron chi connectivity index (χ0n) is 12.2. The van der Waals surface area contributed by atoms with Gasteiger partial charge in [-0.2, -0.15) is 0 Å². The highest BCUT2D eigenvalue weighted by molar-refractivity contribution is 6.72. The number of hydrogen-bond acceptors (Lipinski definition) is 4. The third kappa shape index (κ3) is 3.12. The Labute approximate surface area is 124 Å². The van der Waals surface area contributed by atoms with Crippen LogP contribution < -0.4 is 4.90 Å². The molecule has 0 aromatic heterocycles. The van der Waals surface area contributed by atoms with Crippen LogP contribution >= 0.6 is 0 Å². The van der Waals surface area contributed by atoms with Gasteiger partial charge in [-0.1, -0.05) is 49.9 Å². The Kier molecular flexibility index (Phi) is 5.09. The van der Waals surface area contributed by atoms with Crippen molar-refractivity contribution in [3.05, 3.63) is 29.8 Å². The number of unbranched alkanes of at least 4 members (excludes halogenated alkanes) is 4. The van der Waals surface area contributed by atoms with Crippen molar-refractivity contribution in [2.24, 2.45) is 5.16 Å². The molecular formula is C16H20N2O3. The molecule has 0 saturated carbocycles. The van der Waals surface area contributed by atoms with E-state index < -0.39 is 17.4 Å². The molecule has 1 amide bonds. The van der Waals surface area contributed by atoms with Gasteiger partial charge in [0.05, 0.1) is 5.69 Å².